The van der Waals surface area contributed by atoms with Gasteiger partial charge in [-0.25, -0.2) is 0 Å². The molecule has 1 spiro atoms. The number of hydrogen-bond acceptors (Lipinski definition) is 3. The van der Waals surface area contributed by atoms with Crippen LogP contribution in [-0.4, -0.2) is 0 Å². The number of anilines is 3. The molecule has 0 aliphatic heterocycles. The van der Waals surface area contributed by atoms with E-state index in [2.05, 4.69) is 248 Å². The minimum atomic E-state index is -0.594. The number of para-hydroxylation sites is 2. The van der Waals surface area contributed by atoms with E-state index in [1.165, 1.54) is 86.9 Å². The molecule has 15 rings (SSSR count). The average Bonchev–Trinajstić information content (AvgIpc) is 4.07. The van der Waals surface area contributed by atoms with Crippen molar-refractivity contribution in [3.63, 3.8) is 0 Å². The summed E-state index contributed by atoms with van der Waals surface area (Å²) in [6.45, 7) is 0. The summed E-state index contributed by atoms with van der Waals surface area (Å²) in [5.74, 6) is 0. The Labute approximate surface area is 409 Å². The van der Waals surface area contributed by atoms with Gasteiger partial charge in [0.15, 0.2) is 0 Å². The van der Waals surface area contributed by atoms with Crippen LogP contribution >= 0.6 is 11.3 Å². The van der Waals surface area contributed by atoms with Crippen LogP contribution in [0.2, 0.25) is 0 Å². The standard InChI is InChI=1S/C67H41NOS/c1-2-16-42(17-3-1)43-32-35-45(36-33-43)68(46-37-39-64-56(41-46)55-40-44(34-38-63(55)70-64)47-24-14-25-53-52-22-9-13-31-62(52)69-66(47)53)61-30-15-29-60-65(61)54-23-8-12-28-59(54)67(60)57-26-10-6-20-50(57)48-18-4-5-19-49(48)51-21-7-11-27-58(51)67/h1-41H. The maximum absolute atomic E-state index is 6.57. The van der Waals surface area contributed by atoms with E-state index >= 15 is 0 Å². The monoisotopic (exact) mass is 907 g/mol. The first-order valence-corrected chi connectivity index (χ1v) is 24.9. The van der Waals surface area contributed by atoms with E-state index in [0.29, 0.717) is 0 Å². The molecule has 0 fully saturated rings. The van der Waals surface area contributed by atoms with E-state index in [4.69, 9.17) is 4.42 Å². The maximum Gasteiger partial charge on any atom is 0.143 e. The molecule has 2 aromatic heterocycles. The van der Waals surface area contributed by atoms with Crippen molar-refractivity contribution in [1.82, 2.24) is 0 Å². The van der Waals surface area contributed by atoms with Crippen LogP contribution in [-0.2, 0) is 5.41 Å². The van der Waals surface area contributed by atoms with Crippen molar-refractivity contribution in [3.05, 3.63) is 271 Å². The zero-order valence-electron chi connectivity index (χ0n) is 37.9. The Morgan fingerprint density at radius 1 is 0.329 bits per heavy atom. The number of rotatable bonds is 5. The predicted molar refractivity (Wildman–Crippen MR) is 294 cm³/mol. The molecule has 2 nitrogen and oxygen atoms in total. The summed E-state index contributed by atoms with van der Waals surface area (Å²) in [4.78, 5) is 2.51. The van der Waals surface area contributed by atoms with Crippen LogP contribution < -0.4 is 4.90 Å². The zero-order valence-corrected chi connectivity index (χ0v) is 38.8. The molecule has 0 bridgehead atoms. The predicted octanol–water partition coefficient (Wildman–Crippen LogP) is 18.8. The van der Waals surface area contributed by atoms with Crippen molar-refractivity contribution < 1.29 is 4.42 Å². The maximum atomic E-state index is 6.57. The van der Waals surface area contributed by atoms with Crippen molar-refractivity contribution in [2.45, 2.75) is 5.41 Å². The van der Waals surface area contributed by atoms with E-state index in [1.807, 2.05) is 17.4 Å². The van der Waals surface area contributed by atoms with Gasteiger partial charge in [-0.05, 0) is 121 Å². The van der Waals surface area contributed by atoms with E-state index in [9.17, 15) is 0 Å². The van der Waals surface area contributed by atoms with Crippen LogP contribution in [0, 0.1) is 0 Å². The fourth-order valence-corrected chi connectivity index (χ4v) is 13.2. The Kier molecular flexibility index (Phi) is 8.48. The Morgan fingerprint density at radius 2 is 0.843 bits per heavy atom. The van der Waals surface area contributed by atoms with Crippen LogP contribution in [0.25, 0.3) is 97.7 Å². The summed E-state index contributed by atoms with van der Waals surface area (Å²) in [5.41, 5.74) is 21.9. The van der Waals surface area contributed by atoms with Crippen molar-refractivity contribution >= 4 is 70.5 Å². The van der Waals surface area contributed by atoms with Crippen molar-refractivity contribution in [1.29, 1.82) is 0 Å². The largest absolute Gasteiger partial charge is 0.455 e. The highest BCUT2D eigenvalue weighted by atomic mass is 32.1. The SMILES string of the molecule is c1ccc(-c2ccc(N(c3ccc4sc5ccc(-c6cccc7c6oc6ccccc67)cc5c4c3)c3cccc4c3-c3ccccc3C43c4ccccc4-c4ccccc4-c4ccccc43)cc2)cc1. The first-order valence-electron chi connectivity index (χ1n) is 24.1. The van der Waals surface area contributed by atoms with Gasteiger partial charge in [0, 0.05) is 53.4 Å². The highest BCUT2D eigenvalue weighted by Gasteiger charge is 2.50. The van der Waals surface area contributed by atoms with Crippen LogP contribution in [0.15, 0.2) is 253 Å². The molecule has 0 atom stereocenters. The molecular weight excluding hydrogens is 867 g/mol. The molecule has 11 aromatic carbocycles. The van der Waals surface area contributed by atoms with Crippen LogP contribution in [0.4, 0.5) is 17.1 Å². The van der Waals surface area contributed by atoms with Gasteiger partial charge in [-0.2, -0.15) is 0 Å². The molecule has 0 amide bonds. The second-order valence-electron chi connectivity index (χ2n) is 18.7. The second-order valence-corrected chi connectivity index (χ2v) is 19.7. The molecule has 70 heavy (non-hydrogen) atoms. The highest BCUT2D eigenvalue weighted by molar-refractivity contribution is 7.25. The Bertz CT molecular complexity index is 4190. The van der Waals surface area contributed by atoms with Gasteiger partial charge in [-0.15, -0.1) is 11.3 Å². The third-order valence-corrected chi connectivity index (χ3v) is 16.3. The summed E-state index contributed by atoms with van der Waals surface area (Å²) in [6.07, 6.45) is 0. The van der Waals surface area contributed by atoms with Crippen molar-refractivity contribution in [3.8, 4) is 55.6 Å². The lowest BCUT2D eigenvalue weighted by Crippen LogP contribution is -2.29. The van der Waals surface area contributed by atoms with Gasteiger partial charge in [0.25, 0.3) is 0 Å². The lowest BCUT2D eigenvalue weighted by molar-refractivity contribution is 0.670. The van der Waals surface area contributed by atoms with Crippen molar-refractivity contribution in [2.24, 2.45) is 0 Å². The fraction of sp³-hybridized carbons (Fsp3) is 0.0149. The lowest BCUT2D eigenvalue weighted by atomic mass is 9.66. The molecule has 0 N–H and O–H groups in total. The van der Waals surface area contributed by atoms with E-state index in [0.717, 1.165) is 50.1 Å². The zero-order chi connectivity index (χ0) is 45.9. The van der Waals surface area contributed by atoms with Gasteiger partial charge in [0.2, 0.25) is 0 Å². The molecule has 0 saturated heterocycles. The van der Waals surface area contributed by atoms with E-state index in [1.54, 1.807) is 0 Å². The van der Waals surface area contributed by atoms with Crippen molar-refractivity contribution in [2.75, 3.05) is 4.90 Å². The van der Waals surface area contributed by atoms with Crippen LogP contribution in [0.3, 0.4) is 0 Å². The smallest absolute Gasteiger partial charge is 0.143 e. The summed E-state index contributed by atoms with van der Waals surface area (Å²) in [7, 11) is 0. The summed E-state index contributed by atoms with van der Waals surface area (Å²) < 4.78 is 9.08. The topological polar surface area (TPSA) is 16.4 Å². The van der Waals surface area contributed by atoms with Gasteiger partial charge in [0.05, 0.1) is 11.1 Å². The minimum Gasteiger partial charge on any atom is -0.455 e. The Balaban J connectivity index is 0.981. The molecule has 13 aromatic rings. The number of benzene rings is 11. The second kappa shape index (κ2) is 15.1. The van der Waals surface area contributed by atoms with Gasteiger partial charge in [-0.3, -0.25) is 0 Å². The van der Waals surface area contributed by atoms with Gasteiger partial charge in [-0.1, -0.05) is 194 Å². The molecule has 0 radical (unpaired) electrons. The summed E-state index contributed by atoms with van der Waals surface area (Å²) >= 11 is 1.85. The Morgan fingerprint density at radius 3 is 1.59 bits per heavy atom. The lowest BCUT2D eigenvalue weighted by Gasteiger charge is -2.35. The summed E-state index contributed by atoms with van der Waals surface area (Å²) in [6, 6.07) is 92.1. The van der Waals surface area contributed by atoms with Gasteiger partial charge in [0.1, 0.15) is 11.2 Å². The van der Waals surface area contributed by atoms with E-state index < -0.39 is 5.41 Å². The minimum absolute atomic E-state index is 0.594. The molecule has 2 aliphatic carbocycles. The van der Waals surface area contributed by atoms with E-state index in [-0.39, 0.29) is 0 Å². The van der Waals surface area contributed by atoms with Gasteiger partial charge < -0.3 is 9.32 Å². The molecule has 2 aliphatic rings. The molecule has 0 unspecified atom stereocenters. The number of furan rings is 1. The normalized spacial score (nSPS) is 13.0. The number of hydrogen-bond donors (Lipinski definition) is 0. The molecule has 2 heterocycles. The molecule has 326 valence electrons. The number of thiophene rings is 1. The van der Waals surface area contributed by atoms with Crippen LogP contribution in [0.5, 0.6) is 0 Å². The average molecular weight is 908 g/mol. The first-order chi connectivity index (χ1) is 34.7. The summed E-state index contributed by atoms with van der Waals surface area (Å²) in [5, 5.41) is 4.75. The number of nitrogens with zero attached hydrogens (tertiary/aromatic N) is 1. The van der Waals surface area contributed by atoms with Crippen LogP contribution in [0.1, 0.15) is 22.3 Å². The fourth-order valence-electron chi connectivity index (χ4n) is 12.2. The number of fused-ring (bicyclic) bond motifs is 18. The molecule has 0 saturated carbocycles. The third kappa shape index (κ3) is 5.55. The quantitative estimate of drug-likeness (QED) is 0.171. The molecule has 3 heteroatoms. The highest BCUT2D eigenvalue weighted by Crippen LogP contribution is 2.63. The van der Waals surface area contributed by atoms with Gasteiger partial charge >= 0.3 is 0 Å². The first kappa shape index (κ1) is 39.3. The molecular formula is C67H41NOS. The third-order valence-electron chi connectivity index (χ3n) is 15.1. The Hall–Kier alpha value is -8.76.